The Hall–Kier alpha value is -2.36. The fourth-order valence-corrected chi connectivity index (χ4v) is 1.67. The van der Waals surface area contributed by atoms with Gasteiger partial charge in [0.2, 0.25) is 5.89 Å². The summed E-state index contributed by atoms with van der Waals surface area (Å²) in [7, 11) is 0. The van der Waals surface area contributed by atoms with Gasteiger partial charge in [-0.25, -0.2) is 9.97 Å². The zero-order valence-corrected chi connectivity index (χ0v) is 9.34. The minimum Gasteiger partial charge on any atom is -0.435 e. The van der Waals surface area contributed by atoms with Gasteiger partial charge in [0.15, 0.2) is 5.58 Å². The van der Waals surface area contributed by atoms with E-state index in [1.165, 1.54) is 0 Å². The Kier molecular flexibility index (Phi) is 2.08. The van der Waals surface area contributed by atoms with E-state index >= 15 is 0 Å². The van der Waals surface area contributed by atoms with Crippen molar-refractivity contribution in [1.82, 2.24) is 9.97 Å². The van der Waals surface area contributed by atoms with E-state index < -0.39 is 0 Å². The van der Waals surface area contributed by atoms with Crippen LogP contribution in [0.15, 0.2) is 40.9 Å². The Morgan fingerprint density at radius 1 is 1.18 bits per heavy atom. The highest BCUT2D eigenvalue weighted by Gasteiger charge is 2.08. The molecule has 0 fully saturated rings. The number of benzene rings is 1. The summed E-state index contributed by atoms with van der Waals surface area (Å²) >= 11 is 0. The molecule has 2 heterocycles. The summed E-state index contributed by atoms with van der Waals surface area (Å²) in [5.41, 5.74) is 9.66. The standard InChI is InChI=1S/C13H11N3O/c1-8-2-4-10-12(6-8)17-13(16-10)11-5-3-9(14)7-15-11/h2-7H,14H2,1H3. The SMILES string of the molecule is Cc1ccc2nc(-c3ccc(N)cn3)oc2c1. The van der Waals surface area contributed by atoms with Crippen molar-refractivity contribution in [2.75, 3.05) is 5.73 Å². The highest BCUT2D eigenvalue weighted by molar-refractivity contribution is 5.76. The number of fused-ring (bicyclic) bond motifs is 1. The Labute approximate surface area is 98.1 Å². The van der Waals surface area contributed by atoms with Gasteiger partial charge >= 0.3 is 0 Å². The van der Waals surface area contributed by atoms with Crippen LogP contribution in [0.25, 0.3) is 22.7 Å². The molecular weight excluding hydrogens is 214 g/mol. The lowest BCUT2D eigenvalue weighted by Crippen LogP contribution is -1.87. The summed E-state index contributed by atoms with van der Waals surface area (Å²) in [6.07, 6.45) is 1.59. The first-order valence-electron chi connectivity index (χ1n) is 5.31. The molecule has 17 heavy (non-hydrogen) atoms. The number of hydrogen-bond acceptors (Lipinski definition) is 4. The molecule has 0 amide bonds. The smallest absolute Gasteiger partial charge is 0.246 e. The van der Waals surface area contributed by atoms with Crippen molar-refractivity contribution in [2.45, 2.75) is 6.92 Å². The Morgan fingerprint density at radius 3 is 2.82 bits per heavy atom. The lowest BCUT2D eigenvalue weighted by molar-refractivity contribution is 0.616. The van der Waals surface area contributed by atoms with E-state index in [1.807, 2.05) is 25.1 Å². The third-order valence-corrected chi connectivity index (χ3v) is 2.55. The van der Waals surface area contributed by atoms with Crippen molar-refractivity contribution in [3.05, 3.63) is 42.1 Å². The van der Waals surface area contributed by atoms with Crippen LogP contribution in [-0.2, 0) is 0 Å². The van der Waals surface area contributed by atoms with Crippen LogP contribution >= 0.6 is 0 Å². The first-order valence-corrected chi connectivity index (χ1v) is 5.31. The minimum absolute atomic E-state index is 0.519. The number of oxazole rings is 1. The molecule has 0 aliphatic carbocycles. The van der Waals surface area contributed by atoms with Crippen molar-refractivity contribution >= 4 is 16.8 Å². The summed E-state index contributed by atoms with van der Waals surface area (Å²) in [6.45, 7) is 2.02. The molecule has 4 heteroatoms. The van der Waals surface area contributed by atoms with Crippen molar-refractivity contribution in [1.29, 1.82) is 0 Å². The third kappa shape index (κ3) is 1.73. The summed E-state index contributed by atoms with van der Waals surface area (Å²) in [5.74, 6) is 0.519. The van der Waals surface area contributed by atoms with Crippen LogP contribution in [0, 0.1) is 6.92 Å². The highest BCUT2D eigenvalue weighted by Crippen LogP contribution is 2.23. The van der Waals surface area contributed by atoms with Gasteiger partial charge in [0, 0.05) is 0 Å². The van der Waals surface area contributed by atoms with Crippen molar-refractivity contribution < 1.29 is 4.42 Å². The lowest BCUT2D eigenvalue weighted by Gasteiger charge is -1.94. The molecule has 0 saturated heterocycles. The summed E-state index contributed by atoms with van der Waals surface area (Å²) in [4.78, 5) is 8.57. The number of hydrogen-bond donors (Lipinski definition) is 1. The Morgan fingerprint density at radius 2 is 2.06 bits per heavy atom. The number of nitrogens with zero attached hydrogens (tertiary/aromatic N) is 2. The zero-order valence-electron chi connectivity index (χ0n) is 9.34. The first kappa shape index (κ1) is 9.84. The van der Waals surface area contributed by atoms with Crippen molar-refractivity contribution in [2.24, 2.45) is 0 Å². The molecule has 84 valence electrons. The molecule has 0 aliphatic rings. The monoisotopic (exact) mass is 225 g/mol. The Balaban J connectivity index is 2.14. The molecule has 2 aromatic heterocycles. The second kappa shape index (κ2) is 3.59. The summed E-state index contributed by atoms with van der Waals surface area (Å²) in [5, 5.41) is 0. The summed E-state index contributed by atoms with van der Waals surface area (Å²) in [6, 6.07) is 9.48. The van der Waals surface area contributed by atoms with E-state index in [0.717, 1.165) is 16.7 Å². The highest BCUT2D eigenvalue weighted by atomic mass is 16.3. The van der Waals surface area contributed by atoms with Gasteiger partial charge in [0.05, 0.1) is 11.9 Å². The molecule has 4 nitrogen and oxygen atoms in total. The Bertz CT molecular complexity index is 671. The zero-order chi connectivity index (χ0) is 11.8. The van der Waals surface area contributed by atoms with E-state index in [2.05, 4.69) is 9.97 Å². The molecule has 2 N–H and O–H groups in total. The number of aryl methyl sites for hydroxylation is 1. The molecule has 0 saturated carbocycles. The molecule has 3 aromatic rings. The first-order chi connectivity index (χ1) is 8.22. The van der Waals surface area contributed by atoms with E-state index in [0.29, 0.717) is 17.3 Å². The molecule has 0 atom stereocenters. The van der Waals surface area contributed by atoms with Gasteiger partial charge in [-0.05, 0) is 36.8 Å². The number of pyridine rings is 1. The number of nitrogens with two attached hydrogens (primary N) is 1. The predicted molar refractivity (Wildman–Crippen MR) is 66.4 cm³/mol. The molecule has 0 unspecified atom stereocenters. The van der Waals surface area contributed by atoms with Crippen molar-refractivity contribution in [3.63, 3.8) is 0 Å². The van der Waals surface area contributed by atoms with Crippen LogP contribution in [0.2, 0.25) is 0 Å². The van der Waals surface area contributed by atoms with Crippen LogP contribution in [0.5, 0.6) is 0 Å². The maximum absolute atomic E-state index is 5.66. The van der Waals surface area contributed by atoms with Crippen LogP contribution in [-0.4, -0.2) is 9.97 Å². The van der Waals surface area contributed by atoms with Crippen LogP contribution in [0.3, 0.4) is 0 Å². The van der Waals surface area contributed by atoms with Gasteiger partial charge in [-0.1, -0.05) is 6.07 Å². The molecular formula is C13H11N3O. The number of aromatic nitrogens is 2. The van der Waals surface area contributed by atoms with Crippen LogP contribution in [0.1, 0.15) is 5.56 Å². The minimum atomic E-state index is 0.519. The molecule has 0 spiro atoms. The van der Waals surface area contributed by atoms with Crippen LogP contribution < -0.4 is 5.73 Å². The number of anilines is 1. The molecule has 0 aliphatic heterocycles. The van der Waals surface area contributed by atoms with Crippen molar-refractivity contribution in [3.8, 4) is 11.6 Å². The van der Waals surface area contributed by atoms with Gasteiger partial charge < -0.3 is 10.2 Å². The lowest BCUT2D eigenvalue weighted by atomic mass is 10.2. The normalized spacial score (nSPS) is 10.9. The van der Waals surface area contributed by atoms with Gasteiger partial charge in [0.25, 0.3) is 0 Å². The quantitative estimate of drug-likeness (QED) is 0.691. The fourth-order valence-electron chi connectivity index (χ4n) is 1.67. The molecule has 0 radical (unpaired) electrons. The van der Waals surface area contributed by atoms with E-state index in [1.54, 1.807) is 18.3 Å². The van der Waals surface area contributed by atoms with Gasteiger partial charge in [-0.3, -0.25) is 0 Å². The fraction of sp³-hybridized carbons (Fsp3) is 0.0769. The molecule has 1 aromatic carbocycles. The second-order valence-corrected chi connectivity index (χ2v) is 3.97. The predicted octanol–water partition coefficient (Wildman–Crippen LogP) is 2.78. The van der Waals surface area contributed by atoms with Gasteiger partial charge in [0.1, 0.15) is 11.2 Å². The van der Waals surface area contributed by atoms with Gasteiger partial charge in [-0.2, -0.15) is 0 Å². The summed E-state index contributed by atoms with van der Waals surface area (Å²) < 4.78 is 5.66. The van der Waals surface area contributed by atoms with E-state index in [9.17, 15) is 0 Å². The topological polar surface area (TPSA) is 64.9 Å². The van der Waals surface area contributed by atoms with Gasteiger partial charge in [-0.15, -0.1) is 0 Å². The number of nitrogen functional groups attached to an aromatic ring is 1. The average molecular weight is 225 g/mol. The van der Waals surface area contributed by atoms with Crippen LogP contribution in [0.4, 0.5) is 5.69 Å². The number of rotatable bonds is 1. The average Bonchev–Trinajstić information content (AvgIpc) is 2.72. The maximum atomic E-state index is 5.66. The molecule has 3 rings (SSSR count). The maximum Gasteiger partial charge on any atom is 0.246 e. The third-order valence-electron chi connectivity index (χ3n) is 2.55. The van der Waals surface area contributed by atoms with E-state index in [4.69, 9.17) is 10.2 Å². The van der Waals surface area contributed by atoms with E-state index in [-0.39, 0.29) is 0 Å². The second-order valence-electron chi connectivity index (χ2n) is 3.97. The molecule has 0 bridgehead atoms. The largest absolute Gasteiger partial charge is 0.435 e.